The molecule has 0 spiro atoms. The minimum Gasteiger partial charge on any atom is -0.444 e. The van der Waals surface area contributed by atoms with E-state index in [0.717, 1.165) is 21.3 Å². The highest BCUT2D eigenvalue weighted by molar-refractivity contribution is 9.10. The van der Waals surface area contributed by atoms with Gasteiger partial charge in [-0.3, -0.25) is 0 Å². The van der Waals surface area contributed by atoms with E-state index >= 15 is 0 Å². The van der Waals surface area contributed by atoms with Crippen LogP contribution in [0.3, 0.4) is 0 Å². The van der Waals surface area contributed by atoms with Gasteiger partial charge in [-0.15, -0.1) is 0 Å². The average molecular weight is 323 g/mol. The summed E-state index contributed by atoms with van der Waals surface area (Å²) in [7, 11) is 0. The van der Waals surface area contributed by atoms with E-state index in [-0.39, 0.29) is 5.54 Å². The van der Waals surface area contributed by atoms with E-state index in [1.165, 1.54) is 0 Å². The van der Waals surface area contributed by atoms with Crippen LogP contribution in [0.2, 0.25) is 0 Å². The Labute approximate surface area is 122 Å². The summed E-state index contributed by atoms with van der Waals surface area (Å²) in [6.07, 6.45) is 1.72. The maximum atomic E-state index is 5.57. The lowest BCUT2D eigenvalue weighted by molar-refractivity contribution is 0.421. The van der Waals surface area contributed by atoms with E-state index in [1.807, 2.05) is 12.1 Å². The summed E-state index contributed by atoms with van der Waals surface area (Å²) in [6, 6.07) is 6.08. The van der Waals surface area contributed by atoms with E-state index in [0.29, 0.717) is 12.4 Å². The number of hydrogen-bond donors (Lipinski definition) is 1. The number of oxazole rings is 1. The van der Waals surface area contributed by atoms with Crippen LogP contribution in [0.4, 0.5) is 0 Å². The second-order valence-corrected chi connectivity index (χ2v) is 6.62. The number of hydrogen-bond acceptors (Lipinski definition) is 3. The molecule has 0 amide bonds. The second kappa shape index (κ2) is 5.47. The number of halogens is 1. The summed E-state index contributed by atoms with van der Waals surface area (Å²) < 4.78 is 6.63. The van der Waals surface area contributed by atoms with Gasteiger partial charge in [-0.25, -0.2) is 4.98 Å². The van der Waals surface area contributed by atoms with Crippen LogP contribution >= 0.6 is 15.9 Å². The monoisotopic (exact) mass is 322 g/mol. The molecule has 0 atom stereocenters. The fourth-order valence-electron chi connectivity index (χ4n) is 1.73. The van der Waals surface area contributed by atoms with Crippen molar-refractivity contribution < 1.29 is 4.42 Å². The number of benzene rings is 1. The van der Waals surface area contributed by atoms with Crippen LogP contribution in [-0.4, -0.2) is 10.5 Å². The van der Waals surface area contributed by atoms with Crippen LogP contribution < -0.4 is 5.32 Å². The largest absolute Gasteiger partial charge is 0.444 e. The molecule has 19 heavy (non-hydrogen) atoms. The summed E-state index contributed by atoms with van der Waals surface area (Å²) in [4.78, 5) is 4.53. The van der Waals surface area contributed by atoms with Gasteiger partial charge < -0.3 is 9.73 Å². The maximum absolute atomic E-state index is 5.57. The van der Waals surface area contributed by atoms with Gasteiger partial charge in [-0.05, 0) is 51.5 Å². The zero-order valence-corrected chi connectivity index (χ0v) is 13.3. The van der Waals surface area contributed by atoms with Crippen LogP contribution in [0, 0.1) is 6.92 Å². The van der Waals surface area contributed by atoms with Gasteiger partial charge in [0, 0.05) is 22.1 Å². The molecule has 0 saturated heterocycles. The average Bonchev–Trinajstić information content (AvgIpc) is 2.74. The Hall–Kier alpha value is -1.13. The lowest BCUT2D eigenvalue weighted by Gasteiger charge is -2.19. The SMILES string of the molecule is Cc1cc(Br)ccc1-c1nc(CNC(C)(C)C)co1. The molecule has 102 valence electrons. The van der Waals surface area contributed by atoms with Gasteiger partial charge in [0.15, 0.2) is 0 Å². The predicted molar refractivity (Wildman–Crippen MR) is 81.0 cm³/mol. The summed E-state index contributed by atoms with van der Waals surface area (Å²) in [6.45, 7) is 9.16. The van der Waals surface area contributed by atoms with Gasteiger partial charge in [-0.1, -0.05) is 15.9 Å². The highest BCUT2D eigenvalue weighted by atomic mass is 79.9. The topological polar surface area (TPSA) is 38.1 Å². The molecule has 1 heterocycles. The summed E-state index contributed by atoms with van der Waals surface area (Å²) in [5.41, 5.74) is 3.18. The number of aryl methyl sites for hydroxylation is 1. The van der Waals surface area contributed by atoms with Crippen molar-refractivity contribution in [2.24, 2.45) is 0 Å². The Kier molecular flexibility index (Phi) is 4.11. The van der Waals surface area contributed by atoms with Crippen LogP contribution in [0.15, 0.2) is 33.4 Å². The molecule has 1 N–H and O–H groups in total. The number of rotatable bonds is 3. The Balaban J connectivity index is 2.16. The Morgan fingerprint density at radius 2 is 2.05 bits per heavy atom. The van der Waals surface area contributed by atoms with Gasteiger partial charge in [0.25, 0.3) is 0 Å². The number of nitrogens with zero attached hydrogens (tertiary/aromatic N) is 1. The normalized spacial score (nSPS) is 11.8. The summed E-state index contributed by atoms with van der Waals surface area (Å²) in [5, 5.41) is 3.40. The Bertz CT molecular complexity index is 570. The van der Waals surface area contributed by atoms with Crippen LogP contribution in [0.5, 0.6) is 0 Å². The molecule has 0 bridgehead atoms. The van der Waals surface area contributed by atoms with Crippen molar-refractivity contribution in [3.05, 3.63) is 40.2 Å². The van der Waals surface area contributed by atoms with Crippen molar-refractivity contribution in [2.75, 3.05) is 0 Å². The molecule has 0 fully saturated rings. The fourth-order valence-corrected chi connectivity index (χ4v) is 2.21. The van der Waals surface area contributed by atoms with Crippen molar-refractivity contribution >= 4 is 15.9 Å². The predicted octanol–water partition coefficient (Wildman–Crippen LogP) is 4.30. The molecular formula is C15H19BrN2O. The highest BCUT2D eigenvalue weighted by Crippen LogP contribution is 2.25. The third kappa shape index (κ3) is 3.91. The van der Waals surface area contributed by atoms with Gasteiger partial charge in [0.2, 0.25) is 5.89 Å². The van der Waals surface area contributed by atoms with E-state index in [9.17, 15) is 0 Å². The Morgan fingerprint density at radius 1 is 1.32 bits per heavy atom. The summed E-state index contributed by atoms with van der Waals surface area (Å²) in [5.74, 6) is 0.677. The van der Waals surface area contributed by atoms with Gasteiger partial charge in [0.05, 0.1) is 5.69 Å². The molecule has 0 unspecified atom stereocenters. The van der Waals surface area contributed by atoms with E-state index < -0.39 is 0 Å². The molecule has 0 aliphatic heterocycles. The maximum Gasteiger partial charge on any atom is 0.226 e. The smallest absolute Gasteiger partial charge is 0.226 e. The van der Waals surface area contributed by atoms with Crippen LogP contribution in [0.1, 0.15) is 32.0 Å². The first kappa shape index (κ1) is 14.3. The number of nitrogens with one attached hydrogen (secondary N) is 1. The quantitative estimate of drug-likeness (QED) is 0.915. The molecule has 4 heteroatoms. The van der Waals surface area contributed by atoms with E-state index in [1.54, 1.807) is 6.26 Å². The summed E-state index contributed by atoms with van der Waals surface area (Å²) >= 11 is 3.46. The lowest BCUT2D eigenvalue weighted by atomic mass is 10.1. The molecule has 1 aromatic carbocycles. The molecule has 0 aliphatic rings. The highest BCUT2D eigenvalue weighted by Gasteiger charge is 2.12. The first-order valence-corrected chi connectivity index (χ1v) is 7.10. The molecule has 2 rings (SSSR count). The molecule has 0 aliphatic carbocycles. The molecule has 2 aromatic rings. The van der Waals surface area contributed by atoms with Crippen molar-refractivity contribution in [3.8, 4) is 11.5 Å². The third-order valence-electron chi connectivity index (χ3n) is 2.77. The van der Waals surface area contributed by atoms with E-state index in [4.69, 9.17) is 4.42 Å². The van der Waals surface area contributed by atoms with Gasteiger partial charge >= 0.3 is 0 Å². The molecule has 0 saturated carbocycles. The van der Waals surface area contributed by atoms with Gasteiger partial charge in [-0.2, -0.15) is 0 Å². The fraction of sp³-hybridized carbons (Fsp3) is 0.400. The zero-order chi connectivity index (χ0) is 14.0. The Morgan fingerprint density at radius 3 is 2.68 bits per heavy atom. The van der Waals surface area contributed by atoms with Crippen LogP contribution in [0.25, 0.3) is 11.5 Å². The first-order chi connectivity index (χ1) is 8.85. The minimum absolute atomic E-state index is 0.0760. The van der Waals surface area contributed by atoms with Crippen molar-refractivity contribution in [3.63, 3.8) is 0 Å². The van der Waals surface area contributed by atoms with Gasteiger partial charge in [0.1, 0.15) is 6.26 Å². The van der Waals surface area contributed by atoms with Crippen molar-refractivity contribution in [2.45, 2.75) is 39.8 Å². The number of aromatic nitrogens is 1. The molecule has 3 nitrogen and oxygen atoms in total. The first-order valence-electron chi connectivity index (χ1n) is 6.31. The minimum atomic E-state index is 0.0760. The molecule has 1 aromatic heterocycles. The lowest BCUT2D eigenvalue weighted by Crippen LogP contribution is -2.35. The molecular weight excluding hydrogens is 304 g/mol. The second-order valence-electron chi connectivity index (χ2n) is 5.71. The van der Waals surface area contributed by atoms with Crippen LogP contribution in [-0.2, 0) is 6.54 Å². The molecule has 0 radical (unpaired) electrons. The van der Waals surface area contributed by atoms with Crippen molar-refractivity contribution in [1.82, 2.24) is 10.3 Å². The zero-order valence-electron chi connectivity index (χ0n) is 11.7. The van der Waals surface area contributed by atoms with Crippen molar-refractivity contribution in [1.29, 1.82) is 0 Å². The third-order valence-corrected chi connectivity index (χ3v) is 3.26. The van der Waals surface area contributed by atoms with E-state index in [2.05, 4.69) is 60.0 Å². The standard InChI is InChI=1S/C15H19BrN2O/c1-10-7-11(16)5-6-13(10)14-18-12(9-19-14)8-17-15(2,3)4/h5-7,9,17H,8H2,1-4H3.